The molecule has 0 aliphatic carbocycles. The first kappa shape index (κ1) is 17.3. The maximum atomic E-state index is 11.6. The number of aliphatic carboxylic acids is 2. The Morgan fingerprint density at radius 1 is 1.21 bits per heavy atom. The van der Waals surface area contributed by atoms with Gasteiger partial charge in [-0.15, -0.1) is 0 Å². The molecule has 0 fully saturated rings. The molecule has 0 aliphatic rings. The summed E-state index contributed by atoms with van der Waals surface area (Å²) in [6, 6.07) is -1.40. The average Bonchev–Trinajstić information content (AvgIpc) is 2.32. The third-order valence-corrected chi connectivity index (χ3v) is 2.66. The number of nitrogens with one attached hydrogen (secondary N) is 1. The molecule has 8 nitrogen and oxygen atoms in total. The van der Waals surface area contributed by atoms with Crippen LogP contribution in [0.1, 0.15) is 26.7 Å². The zero-order chi connectivity index (χ0) is 15.2. The van der Waals surface area contributed by atoms with Crippen LogP contribution in [-0.4, -0.2) is 57.0 Å². The summed E-state index contributed by atoms with van der Waals surface area (Å²) in [6.07, 6.45) is -2.30. The molecular formula is C11H19NO7. The molecule has 0 rings (SSSR count). The van der Waals surface area contributed by atoms with E-state index in [1.807, 2.05) is 5.32 Å². The molecule has 0 saturated heterocycles. The van der Waals surface area contributed by atoms with Crippen molar-refractivity contribution in [3.8, 4) is 0 Å². The fraction of sp³-hybridized carbons (Fsp3) is 0.727. The van der Waals surface area contributed by atoms with Gasteiger partial charge in [0.2, 0.25) is 5.91 Å². The van der Waals surface area contributed by atoms with Gasteiger partial charge in [0.25, 0.3) is 0 Å². The number of rotatable bonds is 8. The van der Waals surface area contributed by atoms with Crippen LogP contribution < -0.4 is 5.32 Å². The maximum absolute atomic E-state index is 11.6. The summed E-state index contributed by atoms with van der Waals surface area (Å²) in [5, 5.41) is 38.0. The van der Waals surface area contributed by atoms with Gasteiger partial charge >= 0.3 is 11.9 Å². The normalized spacial score (nSPS) is 14.5. The number of amides is 1. The van der Waals surface area contributed by atoms with Crippen molar-refractivity contribution in [2.45, 2.75) is 38.8 Å². The number of hydrogen-bond donors (Lipinski definition) is 5. The van der Waals surface area contributed by atoms with Crippen LogP contribution in [0.3, 0.4) is 0 Å². The van der Waals surface area contributed by atoms with Gasteiger partial charge in [0.1, 0.15) is 12.1 Å². The highest BCUT2D eigenvalue weighted by Gasteiger charge is 2.35. The van der Waals surface area contributed by atoms with Gasteiger partial charge in [-0.25, -0.2) is 4.79 Å². The number of hydrogen-bond acceptors (Lipinski definition) is 5. The Balaban J connectivity index is 4.64. The second kappa shape index (κ2) is 7.05. The fourth-order valence-corrected chi connectivity index (χ4v) is 1.22. The number of carbonyl (C=O) groups excluding carboxylic acids is 1. The first-order chi connectivity index (χ1) is 8.61. The van der Waals surface area contributed by atoms with Crippen LogP contribution in [0, 0.1) is 5.41 Å². The van der Waals surface area contributed by atoms with Gasteiger partial charge in [-0.05, 0) is 6.42 Å². The van der Waals surface area contributed by atoms with E-state index in [2.05, 4.69) is 0 Å². The van der Waals surface area contributed by atoms with Crippen molar-refractivity contribution in [3.05, 3.63) is 0 Å². The Morgan fingerprint density at radius 2 is 1.74 bits per heavy atom. The molecule has 0 aromatic heterocycles. The summed E-state index contributed by atoms with van der Waals surface area (Å²) in [6.45, 7) is 2.41. The lowest BCUT2D eigenvalue weighted by atomic mass is 9.87. The molecule has 0 aromatic rings. The Hall–Kier alpha value is -1.67. The highest BCUT2D eigenvalue weighted by atomic mass is 16.4. The number of carbonyl (C=O) groups is 3. The highest BCUT2D eigenvalue weighted by Crippen LogP contribution is 2.19. The lowest BCUT2D eigenvalue weighted by Gasteiger charge is -2.28. The van der Waals surface area contributed by atoms with Crippen molar-refractivity contribution in [2.75, 3.05) is 6.61 Å². The van der Waals surface area contributed by atoms with E-state index in [9.17, 15) is 19.5 Å². The second-order valence-electron chi connectivity index (χ2n) is 4.88. The Bertz CT molecular complexity index is 353. The van der Waals surface area contributed by atoms with E-state index >= 15 is 0 Å². The predicted molar refractivity (Wildman–Crippen MR) is 63.3 cm³/mol. The molecule has 0 bridgehead atoms. The van der Waals surface area contributed by atoms with Crippen LogP contribution in [0.4, 0.5) is 0 Å². The van der Waals surface area contributed by atoms with Gasteiger partial charge in [-0.1, -0.05) is 13.8 Å². The van der Waals surface area contributed by atoms with E-state index in [1.54, 1.807) is 0 Å². The molecule has 8 heteroatoms. The number of aliphatic hydroxyl groups excluding tert-OH is 2. The molecule has 110 valence electrons. The van der Waals surface area contributed by atoms with Gasteiger partial charge in [-0.3, -0.25) is 9.59 Å². The number of carboxylic acids is 2. The van der Waals surface area contributed by atoms with Crippen LogP contribution in [0.5, 0.6) is 0 Å². The van der Waals surface area contributed by atoms with Crippen molar-refractivity contribution < 1.29 is 34.8 Å². The smallest absolute Gasteiger partial charge is 0.326 e. The standard InChI is InChI=1S/C11H19NO7/c1-11(2,5-13)8(16)9(17)12-6(10(18)19)3-4-7(14)15/h6,8,13,16H,3-5H2,1-2H3,(H,12,17)(H,14,15)(H,18,19)/t6-,8-/m0/s1. The summed E-state index contributed by atoms with van der Waals surface area (Å²) in [7, 11) is 0. The van der Waals surface area contributed by atoms with Crippen LogP contribution in [0.15, 0.2) is 0 Å². The molecule has 0 saturated carbocycles. The molecule has 19 heavy (non-hydrogen) atoms. The molecular weight excluding hydrogens is 258 g/mol. The number of carboxylic acid groups (broad SMARTS) is 2. The topological polar surface area (TPSA) is 144 Å². The van der Waals surface area contributed by atoms with Gasteiger partial charge in [0, 0.05) is 11.8 Å². The van der Waals surface area contributed by atoms with E-state index in [4.69, 9.17) is 15.3 Å². The quantitative estimate of drug-likeness (QED) is 0.375. The van der Waals surface area contributed by atoms with Crippen molar-refractivity contribution >= 4 is 17.8 Å². The van der Waals surface area contributed by atoms with Crippen LogP contribution >= 0.6 is 0 Å². The minimum atomic E-state index is -1.59. The third kappa shape index (κ3) is 5.66. The molecule has 2 atom stereocenters. The summed E-state index contributed by atoms with van der Waals surface area (Å²) in [5.74, 6) is -3.53. The third-order valence-electron chi connectivity index (χ3n) is 2.66. The molecule has 1 amide bonds. The summed E-state index contributed by atoms with van der Waals surface area (Å²) >= 11 is 0. The second-order valence-corrected chi connectivity index (χ2v) is 4.88. The molecule has 0 unspecified atom stereocenters. The summed E-state index contributed by atoms with van der Waals surface area (Å²) in [5.41, 5.74) is -1.13. The number of aliphatic hydroxyl groups is 2. The highest BCUT2D eigenvalue weighted by molar-refractivity contribution is 5.86. The monoisotopic (exact) mass is 277 g/mol. The molecule has 0 aromatic carbocycles. The van der Waals surface area contributed by atoms with E-state index in [-0.39, 0.29) is 6.42 Å². The molecule has 0 aliphatic heterocycles. The maximum Gasteiger partial charge on any atom is 0.326 e. The molecule has 0 radical (unpaired) electrons. The first-order valence-corrected chi connectivity index (χ1v) is 5.65. The molecule has 0 spiro atoms. The molecule has 0 heterocycles. The van der Waals surface area contributed by atoms with Crippen LogP contribution in [0.2, 0.25) is 0 Å². The van der Waals surface area contributed by atoms with Gasteiger partial charge in [0.05, 0.1) is 6.61 Å². The summed E-state index contributed by atoms with van der Waals surface area (Å²) in [4.78, 5) is 32.8. The van der Waals surface area contributed by atoms with Gasteiger partial charge in [-0.2, -0.15) is 0 Å². The first-order valence-electron chi connectivity index (χ1n) is 5.65. The van der Waals surface area contributed by atoms with E-state index in [0.29, 0.717) is 0 Å². The average molecular weight is 277 g/mol. The van der Waals surface area contributed by atoms with Crippen molar-refractivity contribution in [2.24, 2.45) is 5.41 Å². The van der Waals surface area contributed by atoms with Crippen LogP contribution in [-0.2, 0) is 14.4 Å². The largest absolute Gasteiger partial charge is 0.481 e. The Kier molecular flexibility index (Phi) is 6.43. The Morgan fingerprint density at radius 3 is 2.11 bits per heavy atom. The minimum absolute atomic E-state index is 0.289. The lowest BCUT2D eigenvalue weighted by molar-refractivity contribution is -0.147. The minimum Gasteiger partial charge on any atom is -0.481 e. The van der Waals surface area contributed by atoms with Crippen molar-refractivity contribution in [3.63, 3.8) is 0 Å². The lowest BCUT2D eigenvalue weighted by Crippen LogP contribution is -2.51. The zero-order valence-corrected chi connectivity index (χ0v) is 10.8. The van der Waals surface area contributed by atoms with Gasteiger partial charge < -0.3 is 25.7 Å². The van der Waals surface area contributed by atoms with Crippen LogP contribution in [0.25, 0.3) is 0 Å². The van der Waals surface area contributed by atoms with Crippen molar-refractivity contribution in [1.82, 2.24) is 5.32 Å². The molecule has 5 N–H and O–H groups in total. The fourth-order valence-electron chi connectivity index (χ4n) is 1.22. The predicted octanol–water partition coefficient (Wildman–Crippen LogP) is -1.20. The van der Waals surface area contributed by atoms with Gasteiger partial charge in [0.15, 0.2) is 0 Å². The van der Waals surface area contributed by atoms with E-state index < -0.39 is 48.4 Å². The van der Waals surface area contributed by atoms with E-state index in [1.165, 1.54) is 13.8 Å². The zero-order valence-electron chi connectivity index (χ0n) is 10.8. The SMILES string of the molecule is CC(C)(CO)[C@@H](O)C(=O)N[C@@H](CCC(=O)O)C(=O)O. The summed E-state index contributed by atoms with van der Waals surface area (Å²) < 4.78 is 0. The Labute approximate surface area is 110 Å². The van der Waals surface area contributed by atoms with Crippen molar-refractivity contribution in [1.29, 1.82) is 0 Å². The van der Waals surface area contributed by atoms with E-state index in [0.717, 1.165) is 0 Å².